The number of allylic oxidation sites excluding steroid dienone is 1. The fourth-order valence-electron chi connectivity index (χ4n) is 1.23. The smallest absolute Gasteiger partial charge is 0.101 e. The van der Waals surface area contributed by atoms with Crippen molar-refractivity contribution in [3.05, 3.63) is 50.9 Å². The van der Waals surface area contributed by atoms with Gasteiger partial charge in [-0.2, -0.15) is 5.26 Å². The Bertz CT molecular complexity index is 552. The minimum Gasteiger partial charge on any atom is -0.256 e. The Balaban J connectivity index is 2.38. The second-order valence-corrected chi connectivity index (χ2v) is 5.52. The van der Waals surface area contributed by atoms with Gasteiger partial charge in [0.15, 0.2) is 0 Å². The third kappa shape index (κ3) is 2.57. The van der Waals surface area contributed by atoms with Crippen LogP contribution in [0.1, 0.15) is 10.6 Å². The van der Waals surface area contributed by atoms with Crippen molar-refractivity contribution in [1.29, 1.82) is 5.26 Å². The first kappa shape index (κ1) is 11.1. The van der Waals surface area contributed by atoms with Gasteiger partial charge in [-0.05, 0) is 46.3 Å². The number of hydrogen-bond donors (Lipinski definition) is 0. The van der Waals surface area contributed by atoms with Crippen LogP contribution in [-0.2, 0) is 0 Å². The lowest BCUT2D eigenvalue weighted by atomic mass is 10.1. The van der Waals surface area contributed by atoms with Crippen LogP contribution in [0.4, 0.5) is 0 Å². The van der Waals surface area contributed by atoms with E-state index in [1.165, 1.54) is 0 Å². The lowest BCUT2D eigenvalue weighted by Crippen LogP contribution is -1.84. The molecule has 0 N–H and O–H groups in total. The molecule has 0 amide bonds. The summed E-state index contributed by atoms with van der Waals surface area (Å²) in [6, 6.07) is 11.6. The van der Waals surface area contributed by atoms with E-state index in [0.717, 1.165) is 8.66 Å². The molecule has 0 radical (unpaired) electrons. The Morgan fingerprint density at radius 1 is 1.38 bits per heavy atom. The quantitative estimate of drug-likeness (QED) is 0.785. The van der Waals surface area contributed by atoms with Gasteiger partial charge in [0.25, 0.3) is 0 Å². The van der Waals surface area contributed by atoms with Crippen molar-refractivity contribution in [1.82, 2.24) is 4.98 Å². The molecule has 0 aliphatic carbocycles. The molecule has 0 aromatic carbocycles. The lowest BCUT2D eigenvalue weighted by molar-refractivity contribution is 1.28. The Labute approximate surface area is 106 Å². The summed E-state index contributed by atoms with van der Waals surface area (Å²) in [7, 11) is 0. The highest BCUT2D eigenvalue weighted by molar-refractivity contribution is 9.11. The second-order valence-electron chi connectivity index (χ2n) is 3.03. The molecule has 4 heteroatoms. The van der Waals surface area contributed by atoms with Gasteiger partial charge >= 0.3 is 0 Å². The Kier molecular flexibility index (Phi) is 3.50. The van der Waals surface area contributed by atoms with E-state index < -0.39 is 0 Å². The van der Waals surface area contributed by atoms with Crippen LogP contribution in [0, 0.1) is 11.3 Å². The zero-order valence-corrected chi connectivity index (χ0v) is 10.6. The molecule has 2 aromatic heterocycles. The van der Waals surface area contributed by atoms with Crippen molar-refractivity contribution in [2.45, 2.75) is 0 Å². The van der Waals surface area contributed by atoms with Crippen molar-refractivity contribution in [2.24, 2.45) is 0 Å². The first-order valence-corrected chi connectivity index (χ1v) is 6.19. The molecule has 0 atom stereocenters. The van der Waals surface area contributed by atoms with Crippen LogP contribution in [-0.4, -0.2) is 4.98 Å². The van der Waals surface area contributed by atoms with Crippen LogP contribution >= 0.6 is 27.3 Å². The molecule has 0 unspecified atom stereocenters. The van der Waals surface area contributed by atoms with E-state index in [2.05, 4.69) is 27.0 Å². The summed E-state index contributed by atoms with van der Waals surface area (Å²) in [5, 5.41) is 9.08. The summed E-state index contributed by atoms with van der Waals surface area (Å²) >= 11 is 4.98. The molecule has 16 heavy (non-hydrogen) atoms. The highest BCUT2D eigenvalue weighted by atomic mass is 79.9. The van der Waals surface area contributed by atoms with Crippen LogP contribution in [0.2, 0.25) is 0 Å². The molecule has 2 nitrogen and oxygen atoms in total. The van der Waals surface area contributed by atoms with E-state index in [9.17, 15) is 0 Å². The summed E-state index contributed by atoms with van der Waals surface area (Å²) in [4.78, 5) is 5.19. The minimum atomic E-state index is 0.579. The Hall–Kier alpha value is -1.44. The van der Waals surface area contributed by atoms with Gasteiger partial charge in [0.1, 0.15) is 6.07 Å². The maximum Gasteiger partial charge on any atom is 0.101 e. The largest absolute Gasteiger partial charge is 0.256 e. The number of thiophene rings is 1. The van der Waals surface area contributed by atoms with Gasteiger partial charge in [0.05, 0.1) is 15.1 Å². The van der Waals surface area contributed by atoms with Crippen LogP contribution < -0.4 is 0 Å². The van der Waals surface area contributed by atoms with Gasteiger partial charge in [0.2, 0.25) is 0 Å². The first-order chi connectivity index (χ1) is 7.79. The maximum atomic E-state index is 9.08. The predicted octanol–water partition coefficient (Wildman–Crippen LogP) is 3.97. The summed E-state index contributed by atoms with van der Waals surface area (Å²) in [5.74, 6) is 0. The van der Waals surface area contributed by atoms with E-state index in [1.807, 2.05) is 36.4 Å². The van der Waals surface area contributed by atoms with Gasteiger partial charge in [-0.15, -0.1) is 11.3 Å². The van der Waals surface area contributed by atoms with Crippen LogP contribution in [0.25, 0.3) is 11.6 Å². The molecule has 2 aromatic rings. The van der Waals surface area contributed by atoms with E-state index in [4.69, 9.17) is 5.26 Å². The molecular formula is C12H7BrN2S. The molecule has 78 valence electrons. The zero-order chi connectivity index (χ0) is 11.4. The Morgan fingerprint density at radius 3 is 2.81 bits per heavy atom. The number of rotatable bonds is 2. The topological polar surface area (TPSA) is 36.7 Å². The van der Waals surface area contributed by atoms with Gasteiger partial charge in [-0.25, -0.2) is 0 Å². The average molecular weight is 291 g/mol. The van der Waals surface area contributed by atoms with E-state index in [-0.39, 0.29) is 0 Å². The normalized spacial score (nSPS) is 11.1. The summed E-state index contributed by atoms with van der Waals surface area (Å²) in [6.07, 6.45) is 3.53. The maximum absolute atomic E-state index is 9.08. The minimum absolute atomic E-state index is 0.579. The zero-order valence-electron chi connectivity index (χ0n) is 8.22. The molecule has 0 spiro atoms. The standard InChI is InChI=1S/C12H7BrN2S/c13-12-5-4-10(16-12)7-9(8-14)11-3-1-2-6-15-11/h1-7H/b9-7+. The van der Waals surface area contributed by atoms with Gasteiger partial charge in [-0.1, -0.05) is 6.07 Å². The third-order valence-corrected chi connectivity index (χ3v) is 3.51. The molecule has 2 rings (SSSR count). The summed E-state index contributed by atoms with van der Waals surface area (Å²) in [6.45, 7) is 0. The summed E-state index contributed by atoms with van der Waals surface area (Å²) in [5.41, 5.74) is 1.28. The lowest BCUT2D eigenvalue weighted by Gasteiger charge is -1.95. The SMILES string of the molecule is N#C/C(=C\c1ccc(Br)s1)c1ccccn1. The fraction of sp³-hybridized carbons (Fsp3) is 0. The number of pyridine rings is 1. The van der Waals surface area contributed by atoms with Gasteiger partial charge < -0.3 is 0 Å². The highest BCUT2D eigenvalue weighted by Crippen LogP contribution is 2.25. The molecule has 0 aliphatic heterocycles. The monoisotopic (exact) mass is 290 g/mol. The molecule has 0 fully saturated rings. The van der Waals surface area contributed by atoms with E-state index in [1.54, 1.807) is 17.5 Å². The molecule has 0 saturated heterocycles. The molecule has 0 saturated carbocycles. The number of aromatic nitrogens is 1. The molecule has 2 heterocycles. The number of nitrogens with zero attached hydrogens (tertiary/aromatic N) is 2. The van der Waals surface area contributed by atoms with Crippen molar-refractivity contribution >= 4 is 38.9 Å². The highest BCUT2D eigenvalue weighted by Gasteiger charge is 2.02. The van der Waals surface area contributed by atoms with Crippen molar-refractivity contribution in [3.8, 4) is 6.07 Å². The van der Waals surface area contributed by atoms with Crippen molar-refractivity contribution in [3.63, 3.8) is 0 Å². The van der Waals surface area contributed by atoms with Crippen LogP contribution in [0.5, 0.6) is 0 Å². The fourth-order valence-corrected chi connectivity index (χ4v) is 2.60. The first-order valence-electron chi connectivity index (χ1n) is 4.58. The van der Waals surface area contributed by atoms with Crippen LogP contribution in [0.3, 0.4) is 0 Å². The second kappa shape index (κ2) is 5.06. The van der Waals surface area contributed by atoms with Crippen molar-refractivity contribution in [2.75, 3.05) is 0 Å². The Morgan fingerprint density at radius 2 is 2.25 bits per heavy atom. The van der Waals surface area contributed by atoms with Gasteiger partial charge in [0, 0.05) is 11.1 Å². The van der Waals surface area contributed by atoms with Gasteiger partial charge in [-0.3, -0.25) is 4.98 Å². The van der Waals surface area contributed by atoms with Crippen LogP contribution in [0.15, 0.2) is 40.3 Å². The molecular weight excluding hydrogens is 284 g/mol. The number of halogens is 1. The van der Waals surface area contributed by atoms with Crippen molar-refractivity contribution < 1.29 is 0 Å². The number of nitriles is 1. The third-order valence-electron chi connectivity index (χ3n) is 1.94. The average Bonchev–Trinajstić information content (AvgIpc) is 2.73. The number of hydrogen-bond acceptors (Lipinski definition) is 3. The molecule has 0 aliphatic rings. The van der Waals surface area contributed by atoms with E-state index >= 15 is 0 Å². The van der Waals surface area contributed by atoms with E-state index in [0.29, 0.717) is 11.3 Å². The predicted molar refractivity (Wildman–Crippen MR) is 69.7 cm³/mol. The summed E-state index contributed by atoms with van der Waals surface area (Å²) < 4.78 is 1.05. The molecule has 0 bridgehead atoms.